The lowest BCUT2D eigenvalue weighted by molar-refractivity contribution is -0.141. The molecule has 1 N–H and O–H groups in total. The van der Waals surface area contributed by atoms with Crippen molar-refractivity contribution in [3.8, 4) is 0 Å². The van der Waals surface area contributed by atoms with Crippen LogP contribution in [0.4, 0.5) is 4.79 Å². The normalized spacial score (nSPS) is 17.1. The van der Waals surface area contributed by atoms with E-state index >= 15 is 0 Å². The van der Waals surface area contributed by atoms with Crippen LogP contribution in [-0.4, -0.2) is 60.3 Å². The molecule has 0 spiro atoms. The molecular formula is C20H25NO6. The number of carboxylic acid groups (broad SMARTS) is 1. The Labute approximate surface area is 158 Å². The number of nitrogens with zero attached hydrogens (tertiary/aromatic N) is 1. The highest BCUT2D eigenvalue weighted by molar-refractivity contribution is 5.81. The van der Waals surface area contributed by atoms with Crippen molar-refractivity contribution in [3.63, 3.8) is 0 Å². The highest BCUT2D eigenvalue weighted by Gasteiger charge is 2.28. The molecule has 1 atom stereocenters. The molecule has 1 fully saturated rings. The van der Waals surface area contributed by atoms with Crippen LogP contribution in [-0.2, 0) is 25.5 Å². The lowest BCUT2D eigenvalue weighted by Gasteiger charge is -2.34. The van der Waals surface area contributed by atoms with E-state index in [-0.39, 0.29) is 25.0 Å². The third kappa shape index (κ3) is 7.62. The SMILES string of the molecule is O=C(O)COCC=CCN1C(=O)OCC[C@@H]1CCC(=O)Cc1ccccc1. The molecule has 0 aliphatic carbocycles. The average molecular weight is 375 g/mol. The minimum atomic E-state index is -1.02. The molecule has 0 radical (unpaired) electrons. The Balaban J connectivity index is 1.78. The lowest BCUT2D eigenvalue weighted by atomic mass is 10.00. The maximum Gasteiger partial charge on any atom is 0.410 e. The molecule has 1 aliphatic rings. The zero-order valence-electron chi connectivity index (χ0n) is 15.2. The van der Waals surface area contributed by atoms with Crippen LogP contribution in [0.3, 0.4) is 0 Å². The smallest absolute Gasteiger partial charge is 0.410 e. The van der Waals surface area contributed by atoms with Crippen molar-refractivity contribution < 1.29 is 29.0 Å². The summed E-state index contributed by atoms with van der Waals surface area (Å²) in [5.74, 6) is -0.874. The molecule has 7 heteroatoms. The number of carbonyl (C=O) groups is 3. The van der Waals surface area contributed by atoms with Gasteiger partial charge in [-0.15, -0.1) is 0 Å². The molecule has 0 saturated carbocycles. The fourth-order valence-corrected chi connectivity index (χ4v) is 2.90. The van der Waals surface area contributed by atoms with Gasteiger partial charge in [0.05, 0.1) is 13.2 Å². The van der Waals surface area contributed by atoms with Gasteiger partial charge in [-0.05, 0) is 12.0 Å². The molecule has 1 aromatic carbocycles. The van der Waals surface area contributed by atoms with Crippen LogP contribution in [0.5, 0.6) is 0 Å². The summed E-state index contributed by atoms with van der Waals surface area (Å²) in [4.78, 5) is 36.2. The minimum Gasteiger partial charge on any atom is -0.480 e. The van der Waals surface area contributed by atoms with Gasteiger partial charge in [0.25, 0.3) is 0 Å². The number of benzene rings is 1. The number of aliphatic carboxylic acids is 1. The summed E-state index contributed by atoms with van der Waals surface area (Å²) in [7, 11) is 0. The molecule has 0 unspecified atom stereocenters. The van der Waals surface area contributed by atoms with E-state index in [2.05, 4.69) is 0 Å². The number of hydrogen-bond acceptors (Lipinski definition) is 5. The summed E-state index contributed by atoms with van der Waals surface area (Å²) in [6, 6.07) is 9.55. The number of carbonyl (C=O) groups excluding carboxylic acids is 2. The van der Waals surface area contributed by atoms with Gasteiger partial charge in [-0.2, -0.15) is 0 Å². The van der Waals surface area contributed by atoms with Crippen molar-refractivity contribution in [2.45, 2.75) is 31.7 Å². The zero-order valence-corrected chi connectivity index (χ0v) is 15.2. The Kier molecular flexibility index (Phi) is 8.51. The van der Waals surface area contributed by atoms with Gasteiger partial charge in [0, 0.05) is 31.8 Å². The van der Waals surface area contributed by atoms with E-state index in [1.165, 1.54) is 0 Å². The van der Waals surface area contributed by atoms with Crippen LogP contribution in [0.1, 0.15) is 24.8 Å². The van der Waals surface area contributed by atoms with Crippen LogP contribution in [0.15, 0.2) is 42.5 Å². The second kappa shape index (κ2) is 11.1. The summed E-state index contributed by atoms with van der Waals surface area (Å²) >= 11 is 0. The first-order valence-electron chi connectivity index (χ1n) is 9.00. The molecule has 146 valence electrons. The van der Waals surface area contributed by atoms with Crippen LogP contribution in [0, 0.1) is 0 Å². The number of amides is 1. The average Bonchev–Trinajstić information content (AvgIpc) is 2.65. The lowest BCUT2D eigenvalue weighted by Crippen LogP contribution is -2.45. The molecule has 0 bridgehead atoms. The van der Waals surface area contributed by atoms with Gasteiger partial charge in [-0.3, -0.25) is 4.79 Å². The first-order valence-corrected chi connectivity index (χ1v) is 9.00. The zero-order chi connectivity index (χ0) is 19.5. The number of cyclic esters (lactones) is 1. The van der Waals surface area contributed by atoms with Crippen LogP contribution in [0.25, 0.3) is 0 Å². The highest BCUT2D eigenvalue weighted by Crippen LogP contribution is 2.19. The van der Waals surface area contributed by atoms with E-state index in [9.17, 15) is 14.4 Å². The quantitative estimate of drug-likeness (QED) is 0.472. The second-order valence-corrected chi connectivity index (χ2v) is 6.33. The Morgan fingerprint density at radius 3 is 2.78 bits per heavy atom. The van der Waals surface area contributed by atoms with E-state index in [0.29, 0.717) is 38.8 Å². The van der Waals surface area contributed by atoms with Crippen molar-refractivity contribution in [2.75, 3.05) is 26.4 Å². The first-order chi connectivity index (χ1) is 13.1. The number of Topliss-reactive ketones (excluding diaryl/α,β-unsaturated/α-hetero) is 1. The van der Waals surface area contributed by atoms with Crippen molar-refractivity contribution in [2.24, 2.45) is 0 Å². The summed E-state index contributed by atoms with van der Waals surface area (Å²) in [6.45, 7) is 0.503. The molecule has 1 aliphatic heterocycles. The maximum atomic E-state index is 12.2. The second-order valence-electron chi connectivity index (χ2n) is 6.33. The monoisotopic (exact) mass is 375 g/mol. The van der Waals surface area contributed by atoms with Gasteiger partial charge >= 0.3 is 12.1 Å². The third-order valence-corrected chi connectivity index (χ3v) is 4.26. The van der Waals surface area contributed by atoms with Crippen molar-refractivity contribution in [1.29, 1.82) is 0 Å². The van der Waals surface area contributed by atoms with Crippen molar-refractivity contribution in [3.05, 3.63) is 48.0 Å². The van der Waals surface area contributed by atoms with Gasteiger partial charge < -0.3 is 19.5 Å². The molecule has 2 rings (SSSR count). The Morgan fingerprint density at radius 1 is 1.26 bits per heavy atom. The standard InChI is InChI=1S/C20H25NO6/c22-18(14-16-6-2-1-3-7-16)9-8-17-10-13-27-20(25)21(17)11-4-5-12-26-15-19(23)24/h1-7,17H,8-15H2,(H,23,24)/t17-/m0/s1. The summed E-state index contributed by atoms with van der Waals surface area (Å²) in [5.41, 5.74) is 0.992. The van der Waals surface area contributed by atoms with Gasteiger partial charge in [0.2, 0.25) is 0 Å². The fourth-order valence-electron chi connectivity index (χ4n) is 2.90. The maximum absolute atomic E-state index is 12.2. The summed E-state index contributed by atoms with van der Waals surface area (Å²) < 4.78 is 10.0. The van der Waals surface area contributed by atoms with Crippen molar-refractivity contribution >= 4 is 17.8 Å². The molecule has 0 aromatic heterocycles. The molecule has 1 saturated heterocycles. The first kappa shape index (κ1) is 20.6. The molecule has 1 amide bonds. The molecule has 1 heterocycles. The van der Waals surface area contributed by atoms with Crippen LogP contribution < -0.4 is 0 Å². The van der Waals surface area contributed by atoms with Crippen LogP contribution >= 0.6 is 0 Å². The number of rotatable bonds is 11. The molecular weight excluding hydrogens is 350 g/mol. The number of ether oxygens (including phenoxy) is 2. The molecule has 1 aromatic rings. The van der Waals surface area contributed by atoms with E-state index in [1.807, 2.05) is 30.3 Å². The Bertz CT molecular complexity index is 658. The van der Waals surface area contributed by atoms with E-state index < -0.39 is 12.1 Å². The number of hydrogen-bond donors (Lipinski definition) is 1. The van der Waals surface area contributed by atoms with Crippen molar-refractivity contribution in [1.82, 2.24) is 4.90 Å². The van der Waals surface area contributed by atoms with Gasteiger partial charge in [0.1, 0.15) is 12.4 Å². The predicted molar refractivity (Wildman–Crippen MR) is 98.4 cm³/mol. The Hall–Kier alpha value is -2.67. The van der Waals surface area contributed by atoms with E-state index in [0.717, 1.165) is 5.56 Å². The topological polar surface area (TPSA) is 93.1 Å². The highest BCUT2D eigenvalue weighted by atomic mass is 16.6. The minimum absolute atomic E-state index is 0.0458. The van der Waals surface area contributed by atoms with Gasteiger partial charge in [-0.25, -0.2) is 9.59 Å². The number of ketones is 1. The number of carboxylic acids is 1. The van der Waals surface area contributed by atoms with Gasteiger partial charge in [0.15, 0.2) is 0 Å². The molecule has 7 nitrogen and oxygen atoms in total. The Morgan fingerprint density at radius 2 is 2.04 bits per heavy atom. The van der Waals surface area contributed by atoms with Gasteiger partial charge in [-0.1, -0.05) is 42.5 Å². The van der Waals surface area contributed by atoms with E-state index in [4.69, 9.17) is 14.6 Å². The predicted octanol–water partition coefficient (Wildman–Crippen LogP) is 2.45. The van der Waals surface area contributed by atoms with E-state index in [1.54, 1.807) is 17.1 Å². The third-order valence-electron chi connectivity index (χ3n) is 4.26. The summed E-state index contributed by atoms with van der Waals surface area (Å²) in [6.07, 6.45) is 5.12. The fraction of sp³-hybridized carbons (Fsp3) is 0.450. The molecule has 27 heavy (non-hydrogen) atoms. The van der Waals surface area contributed by atoms with Crippen LogP contribution in [0.2, 0.25) is 0 Å². The summed E-state index contributed by atoms with van der Waals surface area (Å²) in [5, 5.41) is 8.49. The largest absolute Gasteiger partial charge is 0.480 e.